The number of rotatable bonds is 5. The van der Waals surface area contributed by atoms with Crippen molar-refractivity contribution in [3.63, 3.8) is 0 Å². The van der Waals surface area contributed by atoms with E-state index in [-0.39, 0.29) is 12.1 Å². The van der Waals surface area contributed by atoms with Gasteiger partial charge in [-0.15, -0.1) is 0 Å². The van der Waals surface area contributed by atoms with Crippen molar-refractivity contribution in [1.82, 2.24) is 9.03 Å². The zero-order valence-corrected chi connectivity index (χ0v) is 13.7. The third-order valence-electron chi connectivity index (χ3n) is 4.54. The number of nitrogens with one attached hydrogen (secondary N) is 1. The number of methoxy groups -OCH3 is 1. The Kier molecular flexibility index (Phi) is 3.51. The van der Waals surface area contributed by atoms with E-state index in [1.165, 1.54) is 4.31 Å². The van der Waals surface area contributed by atoms with Crippen molar-refractivity contribution in [2.75, 3.05) is 7.04 Å². The lowest BCUT2D eigenvalue weighted by Gasteiger charge is -2.21. The van der Waals surface area contributed by atoms with Crippen molar-refractivity contribution in [3.8, 4) is 5.75 Å². The molecule has 3 rings (SSSR count). The summed E-state index contributed by atoms with van der Waals surface area (Å²) in [5.74, 6) is -5.13. The highest BCUT2D eigenvalue weighted by atomic mass is 32.2. The van der Waals surface area contributed by atoms with Gasteiger partial charge in [0.05, 0.1) is 22.3 Å². The molecule has 0 unspecified atom stereocenters. The Morgan fingerprint density at radius 2 is 1.88 bits per heavy atom. The second-order valence-electron chi connectivity index (χ2n) is 5.96. The van der Waals surface area contributed by atoms with Gasteiger partial charge in [0.15, 0.2) is 0 Å². The fraction of sp³-hybridized carbons (Fsp3) is 0.467. The normalized spacial score (nSPS) is 25.1. The van der Waals surface area contributed by atoms with Gasteiger partial charge in [-0.3, -0.25) is 4.79 Å². The Balaban J connectivity index is 1.94. The van der Waals surface area contributed by atoms with Gasteiger partial charge >= 0.3 is 16.2 Å². The quantitative estimate of drug-likeness (QED) is 0.798. The number of halogens is 1. The minimum atomic E-state index is -4.24. The summed E-state index contributed by atoms with van der Waals surface area (Å²) in [5, 5.41) is 8.97. The van der Waals surface area contributed by atoms with Gasteiger partial charge in [-0.05, 0) is 37.8 Å². The number of benzene rings is 1. The summed E-state index contributed by atoms with van der Waals surface area (Å²) in [5.41, 5.74) is -1.66. The minimum absolute atomic E-state index is 0.223. The van der Waals surface area contributed by atoms with Gasteiger partial charge in [-0.25, -0.2) is 13.9 Å². The van der Waals surface area contributed by atoms with Gasteiger partial charge in [0.1, 0.15) is 11.6 Å². The Bertz CT molecular complexity index is 916. The summed E-state index contributed by atoms with van der Waals surface area (Å²) in [6.07, 6.45) is 2.70. The zero-order valence-electron chi connectivity index (χ0n) is 15.9. The van der Waals surface area contributed by atoms with Gasteiger partial charge in [0.2, 0.25) is 0 Å². The van der Waals surface area contributed by atoms with Crippen LogP contribution in [-0.4, -0.2) is 48.8 Å². The van der Waals surface area contributed by atoms with Crippen LogP contribution < -0.4 is 9.46 Å². The largest absolute Gasteiger partial charge is 0.496 e. The maximum atomic E-state index is 14.0. The van der Waals surface area contributed by atoms with Crippen LogP contribution in [0.4, 0.5) is 4.39 Å². The summed E-state index contributed by atoms with van der Waals surface area (Å²) < 4.78 is 68.2. The second-order valence-corrected chi connectivity index (χ2v) is 7.54. The third-order valence-corrected chi connectivity index (χ3v) is 6.13. The molecule has 1 amide bonds. The van der Waals surface area contributed by atoms with Crippen molar-refractivity contribution >= 4 is 22.1 Å². The summed E-state index contributed by atoms with van der Waals surface area (Å²) in [7, 11) is -7.32. The number of amides is 1. The molecule has 2 heterocycles. The average Bonchev–Trinajstić information content (AvgIpc) is 3.15. The number of ether oxygens (including phenoxy) is 1. The molecule has 0 spiro atoms. The Hall–Kier alpha value is -2.20. The zero-order chi connectivity index (χ0) is 20.9. The minimum Gasteiger partial charge on any atom is -0.496 e. The average molecular weight is 375 g/mol. The molecule has 0 aromatic heterocycles. The van der Waals surface area contributed by atoms with Crippen molar-refractivity contribution in [2.24, 2.45) is 0 Å². The van der Waals surface area contributed by atoms with Crippen LogP contribution in [0.2, 0.25) is 0 Å². The third kappa shape index (κ3) is 3.07. The first-order valence-corrected chi connectivity index (χ1v) is 8.94. The number of nitrogens with zero attached hydrogens (tertiary/aromatic N) is 1. The molecule has 8 nitrogen and oxygen atoms in total. The van der Waals surface area contributed by atoms with Gasteiger partial charge in [-0.1, -0.05) is 0 Å². The molecule has 1 aromatic carbocycles. The molecule has 25 heavy (non-hydrogen) atoms. The molecule has 2 fully saturated rings. The van der Waals surface area contributed by atoms with Crippen LogP contribution in [-0.2, 0) is 10.2 Å². The lowest BCUT2D eigenvalue weighted by molar-refractivity contribution is 0.0690. The number of fused-ring (bicyclic) bond motifs is 2. The van der Waals surface area contributed by atoms with Crippen molar-refractivity contribution in [3.05, 3.63) is 29.1 Å². The number of carboxylic acids is 1. The first-order valence-electron chi connectivity index (χ1n) is 9.00. The Labute approximate surface area is 148 Å². The topological polar surface area (TPSA) is 113 Å². The van der Waals surface area contributed by atoms with E-state index in [4.69, 9.17) is 9.22 Å². The van der Waals surface area contributed by atoms with E-state index in [1.807, 2.05) is 0 Å². The maximum Gasteiger partial charge on any atom is 0.338 e. The van der Waals surface area contributed by atoms with Gasteiger partial charge in [0, 0.05) is 12.1 Å². The Morgan fingerprint density at radius 1 is 1.28 bits per heavy atom. The van der Waals surface area contributed by atoms with Crippen molar-refractivity contribution in [1.29, 1.82) is 0 Å². The summed E-state index contributed by atoms with van der Waals surface area (Å²) in [6.45, 7) is 0. The maximum absolute atomic E-state index is 14.0. The van der Waals surface area contributed by atoms with Crippen LogP contribution in [0.1, 0.15) is 50.5 Å². The first kappa shape index (κ1) is 14.0. The molecule has 2 saturated heterocycles. The summed E-state index contributed by atoms with van der Waals surface area (Å²) >= 11 is 0. The number of carbonyl (C=O) groups is 2. The summed E-state index contributed by atoms with van der Waals surface area (Å²) in [4.78, 5) is 23.6. The highest BCUT2D eigenvalue weighted by Gasteiger charge is 2.46. The first-order chi connectivity index (χ1) is 12.9. The SMILES string of the molecule is [2H]C([2H])([2H])Oc1cc(C(=O)O)c(F)cc1C(=O)NS(=O)(=O)N1C2CCC1CC2. The molecule has 0 saturated carbocycles. The Morgan fingerprint density at radius 3 is 2.40 bits per heavy atom. The molecule has 2 N–H and O–H groups in total. The van der Waals surface area contributed by atoms with Gasteiger partial charge in [0.25, 0.3) is 5.91 Å². The smallest absolute Gasteiger partial charge is 0.338 e. The van der Waals surface area contributed by atoms with Crippen LogP contribution in [0.3, 0.4) is 0 Å². The highest BCUT2D eigenvalue weighted by Crippen LogP contribution is 2.39. The van der Waals surface area contributed by atoms with Crippen LogP contribution in [0, 0.1) is 5.82 Å². The van der Waals surface area contributed by atoms with E-state index in [0.717, 1.165) is 0 Å². The number of carbonyl (C=O) groups excluding carboxylic acids is 1. The van der Waals surface area contributed by atoms with E-state index < -0.39 is 51.8 Å². The fourth-order valence-electron chi connectivity index (χ4n) is 3.46. The highest BCUT2D eigenvalue weighted by molar-refractivity contribution is 7.87. The molecule has 10 heteroatoms. The van der Waals surface area contributed by atoms with Crippen molar-refractivity contribution < 1.29 is 36.4 Å². The van der Waals surface area contributed by atoms with E-state index in [2.05, 4.69) is 4.74 Å². The molecule has 2 aliphatic heterocycles. The predicted octanol–water partition coefficient (Wildman–Crippen LogP) is 1.13. The van der Waals surface area contributed by atoms with Crippen LogP contribution in [0.5, 0.6) is 5.75 Å². The number of hydrogen-bond donors (Lipinski definition) is 2. The van der Waals surface area contributed by atoms with Crippen LogP contribution in [0.25, 0.3) is 0 Å². The monoisotopic (exact) mass is 375 g/mol. The molecular formula is C15H17FN2O6S. The van der Waals surface area contributed by atoms with Crippen LogP contribution >= 0.6 is 0 Å². The van der Waals surface area contributed by atoms with E-state index >= 15 is 0 Å². The van der Waals surface area contributed by atoms with E-state index in [0.29, 0.717) is 37.8 Å². The van der Waals surface area contributed by atoms with Crippen molar-refractivity contribution in [2.45, 2.75) is 37.8 Å². The fourth-order valence-corrected chi connectivity index (χ4v) is 5.12. The standard InChI is InChI=1S/C15H17FN2O6S/c1-24-13-7-10(15(20)21)12(16)6-11(13)14(19)17-25(22,23)18-8-2-3-9(18)5-4-8/h6-9H,2-5H2,1H3,(H,17,19)(H,20,21)/i1D3. The molecular weight excluding hydrogens is 355 g/mol. The number of hydrogen-bond acceptors (Lipinski definition) is 5. The number of aromatic carboxylic acids is 1. The van der Waals surface area contributed by atoms with E-state index in [1.54, 1.807) is 4.72 Å². The molecule has 0 atom stereocenters. The van der Waals surface area contributed by atoms with Gasteiger partial charge in [-0.2, -0.15) is 12.7 Å². The number of carboxylic acid groups (broad SMARTS) is 1. The van der Waals surface area contributed by atoms with E-state index in [9.17, 15) is 22.4 Å². The molecule has 0 aliphatic carbocycles. The molecule has 2 bridgehead atoms. The lowest BCUT2D eigenvalue weighted by atomic mass is 10.0. The van der Waals surface area contributed by atoms with Crippen LogP contribution in [0.15, 0.2) is 12.1 Å². The summed E-state index contributed by atoms with van der Waals surface area (Å²) in [6, 6.07) is 0.526. The predicted molar refractivity (Wildman–Crippen MR) is 84.2 cm³/mol. The molecule has 136 valence electrons. The molecule has 0 radical (unpaired) electrons. The lowest BCUT2D eigenvalue weighted by Crippen LogP contribution is -2.45. The van der Waals surface area contributed by atoms with Gasteiger partial charge < -0.3 is 9.84 Å². The second kappa shape index (κ2) is 6.26. The molecule has 1 aromatic rings. The molecule has 2 aliphatic rings.